The van der Waals surface area contributed by atoms with Crippen molar-refractivity contribution >= 4 is 15.8 Å². The standard InChI is InChI=1S/C13H20N2O4S/c1-9-12(4-5-13(16)19-3)10(2)15(14-9)11-6-7-20(17,18)8-11/h11H,4-8H2,1-3H3. The molecule has 0 aromatic carbocycles. The largest absolute Gasteiger partial charge is 0.469 e. The molecular formula is C13H20N2O4S. The minimum absolute atomic E-state index is 0.0782. The summed E-state index contributed by atoms with van der Waals surface area (Å²) in [5, 5.41) is 4.46. The van der Waals surface area contributed by atoms with Crippen molar-refractivity contribution in [2.24, 2.45) is 0 Å². The van der Waals surface area contributed by atoms with Gasteiger partial charge in [-0.15, -0.1) is 0 Å². The van der Waals surface area contributed by atoms with Gasteiger partial charge >= 0.3 is 5.97 Å². The predicted octanol–water partition coefficient (Wildman–Crippen LogP) is 0.965. The van der Waals surface area contributed by atoms with Gasteiger partial charge in [0.15, 0.2) is 9.84 Å². The Bertz CT molecular complexity index is 619. The first-order valence-corrected chi connectivity index (χ1v) is 8.48. The van der Waals surface area contributed by atoms with Gasteiger partial charge in [0.2, 0.25) is 0 Å². The van der Waals surface area contributed by atoms with Crippen molar-refractivity contribution in [1.29, 1.82) is 0 Å². The van der Waals surface area contributed by atoms with Crippen LogP contribution in [0.15, 0.2) is 0 Å². The molecule has 0 aliphatic carbocycles. The zero-order chi connectivity index (χ0) is 14.9. The average Bonchev–Trinajstić information content (AvgIpc) is 2.87. The number of hydrogen-bond acceptors (Lipinski definition) is 5. The van der Waals surface area contributed by atoms with Gasteiger partial charge in [0.1, 0.15) is 0 Å². The molecule has 0 saturated carbocycles. The van der Waals surface area contributed by atoms with E-state index in [1.807, 2.05) is 18.5 Å². The summed E-state index contributed by atoms with van der Waals surface area (Å²) >= 11 is 0. The van der Waals surface area contributed by atoms with Crippen molar-refractivity contribution < 1.29 is 17.9 Å². The normalized spacial score (nSPS) is 21.1. The summed E-state index contributed by atoms with van der Waals surface area (Å²) in [5.74, 6) is 0.138. The van der Waals surface area contributed by atoms with E-state index in [-0.39, 0.29) is 23.5 Å². The summed E-state index contributed by atoms with van der Waals surface area (Å²) in [6, 6.07) is -0.0782. The number of sulfone groups is 1. The van der Waals surface area contributed by atoms with Gasteiger partial charge in [-0.3, -0.25) is 9.48 Å². The smallest absolute Gasteiger partial charge is 0.305 e. The second kappa shape index (κ2) is 5.55. The van der Waals surface area contributed by atoms with Gasteiger partial charge in [-0.05, 0) is 32.3 Å². The fraction of sp³-hybridized carbons (Fsp3) is 0.692. The molecule has 1 aliphatic rings. The molecule has 1 fully saturated rings. The first-order valence-electron chi connectivity index (χ1n) is 6.66. The minimum atomic E-state index is -2.93. The summed E-state index contributed by atoms with van der Waals surface area (Å²) in [5.41, 5.74) is 2.82. The molecule has 0 N–H and O–H groups in total. The highest BCUT2D eigenvalue weighted by Crippen LogP contribution is 2.27. The Morgan fingerprint density at radius 1 is 1.45 bits per heavy atom. The summed E-state index contributed by atoms with van der Waals surface area (Å²) < 4.78 is 29.6. The second-order valence-corrected chi connectivity index (χ2v) is 7.46. The number of carbonyl (C=O) groups is 1. The summed E-state index contributed by atoms with van der Waals surface area (Å²) in [6.45, 7) is 3.82. The van der Waals surface area contributed by atoms with Crippen molar-refractivity contribution in [2.45, 2.75) is 39.2 Å². The van der Waals surface area contributed by atoms with Gasteiger partial charge in [-0.25, -0.2) is 8.42 Å². The number of methoxy groups -OCH3 is 1. The van der Waals surface area contributed by atoms with Crippen molar-refractivity contribution in [3.05, 3.63) is 17.0 Å². The molecule has 1 aromatic heterocycles. The molecule has 1 saturated heterocycles. The third-order valence-electron chi connectivity index (χ3n) is 3.84. The van der Waals surface area contributed by atoms with Crippen LogP contribution in [-0.4, -0.2) is 42.8 Å². The molecule has 2 heterocycles. The zero-order valence-electron chi connectivity index (χ0n) is 12.0. The zero-order valence-corrected chi connectivity index (χ0v) is 12.9. The van der Waals surface area contributed by atoms with E-state index in [9.17, 15) is 13.2 Å². The Hall–Kier alpha value is -1.37. The van der Waals surface area contributed by atoms with Crippen molar-refractivity contribution in [2.75, 3.05) is 18.6 Å². The molecule has 20 heavy (non-hydrogen) atoms. The molecule has 0 amide bonds. The van der Waals surface area contributed by atoms with Crippen molar-refractivity contribution in [3.63, 3.8) is 0 Å². The van der Waals surface area contributed by atoms with Crippen LogP contribution in [0.1, 0.15) is 35.8 Å². The highest BCUT2D eigenvalue weighted by Gasteiger charge is 2.31. The third kappa shape index (κ3) is 3.03. The molecule has 7 heteroatoms. The number of carbonyl (C=O) groups excluding carboxylic acids is 1. The highest BCUT2D eigenvalue weighted by molar-refractivity contribution is 7.91. The van der Waals surface area contributed by atoms with Crippen molar-refractivity contribution in [3.8, 4) is 0 Å². The molecule has 2 rings (SSSR count). The number of rotatable bonds is 4. The third-order valence-corrected chi connectivity index (χ3v) is 5.59. The van der Waals surface area contributed by atoms with E-state index in [0.29, 0.717) is 19.3 Å². The van der Waals surface area contributed by atoms with Crippen molar-refractivity contribution in [1.82, 2.24) is 9.78 Å². The molecular weight excluding hydrogens is 280 g/mol. The number of aryl methyl sites for hydroxylation is 1. The van der Waals surface area contributed by atoms with Crippen LogP contribution in [0.25, 0.3) is 0 Å². The first-order chi connectivity index (χ1) is 9.34. The van der Waals surface area contributed by atoms with Gasteiger partial charge in [-0.2, -0.15) is 5.10 Å². The van der Waals surface area contributed by atoms with E-state index in [2.05, 4.69) is 9.84 Å². The monoisotopic (exact) mass is 300 g/mol. The van der Waals surface area contributed by atoms with E-state index in [0.717, 1.165) is 17.0 Å². The quantitative estimate of drug-likeness (QED) is 0.774. The van der Waals surface area contributed by atoms with Crippen LogP contribution in [0.2, 0.25) is 0 Å². The molecule has 0 radical (unpaired) electrons. The Kier molecular flexibility index (Phi) is 4.17. The summed E-state index contributed by atoms with van der Waals surface area (Å²) in [7, 11) is -1.56. The maximum atomic E-state index is 11.6. The van der Waals surface area contributed by atoms with Crippen LogP contribution in [0.4, 0.5) is 0 Å². The van der Waals surface area contributed by atoms with E-state index in [1.54, 1.807) is 0 Å². The Morgan fingerprint density at radius 3 is 2.70 bits per heavy atom. The van der Waals surface area contributed by atoms with Gasteiger partial charge in [-0.1, -0.05) is 0 Å². The summed E-state index contributed by atoms with van der Waals surface area (Å²) in [6.07, 6.45) is 1.50. The number of esters is 1. The van der Waals surface area contributed by atoms with Crippen LogP contribution in [0, 0.1) is 13.8 Å². The fourth-order valence-electron chi connectivity index (χ4n) is 2.71. The van der Waals surface area contributed by atoms with E-state index in [4.69, 9.17) is 0 Å². The van der Waals surface area contributed by atoms with Gasteiger partial charge < -0.3 is 4.74 Å². The number of aromatic nitrogens is 2. The Morgan fingerprint density at radius 2 is 2.15 bits per heavy atom. The number of nitrogens with zero attached hydrogens (tertiary/aromatic N) is 2. The molecule has 0 bridgehead atoms. The Balaban J connectivity index is 2.19. The second-order valence-electron chi connectivity index (χ2n) is 5.23. The summed E-state index contributed by atoms with van der Waals surface area (Å²) in [4.78, 5) is 11.2. The lowest BCUT2D eigenvalue weighted by Crippen LogP contribution is -2.14. The number of hydrogen-bond donors (Lipinski definition) is 0. The maximum absolute atomic E-state index is 11.6. The molecule has 1 unspecified atom stereocenters. The lowest BCUT2D eigenvalue weighted by Gasteiger charge is -2.11. The van der Waals surface area contributed by atoms with E-state index in [1.165, 1.54) is 7.11 Å². The topological polar surface area (TPSA) is 78.3 Å². The van der Waals surface area contributed by atoms with Crippen LogP contribution in [-0.2, 0) is 25.8 Å². The van der Waals surface area contributed by atoms with Crippen LogP contribution >= 0.6 is 0 Å². The molecule has 1 aliphatic heterocycles. The molecule has 1 aromatic rings. The number of ether oxygens (including phenoxy) is 1. The maximum Gasteiger partial charge on any atom is 0.305 e. The fourth-order valence-corrected chi connectivity index (χ4v) is 4.40. The lowest BCUT2D eigenvalue weighted by molar-refractivity contribution is -0.140. The van der Waals surface area contributed by atoms with Crippen LogP contribution in [0.5, 0.6) is 0 Å². The van der Waals surface area contributed by atoms with Gasteiger partial charge in [0, 0.05) is 12.1 Å². The van der Waals surface area contributed by atoms with Gasteiger partial charge in [0.25, 0.3) is 0 Å². The van der Waals surface area contributed by atoms with Gasteiger partial charge in [0.05, 0.1) is 30.4 Å². The molecule has 112 valence electrons. The average molecular weight is 300 g/mol. The Labute approximate surface area is 119 Å². The van der Waals surface area contributed by atoms with E-state index < -0.39 is 9.84 Å². The van der Waals surface area contributed by atoms with Crippen LogP contribution in [0.3, 0.4) is 0 Å². The molecule has 0 spiro atoms. The minimum Gasteiger partial charge on any atom is -0.469 e. The predicted molar refractivity (Wildman–Crippen MR) is 74.3 cm³/mol. The van der Waals surface area contributed by atoms with E-state index >= 15 is 0 Å². The SMILES string of the molecule is COC(=O)CCc1c(C)nn(C2CCS(=O)(=O)C2)c1C. The first kappa shape index (κ1) is 15.0. The highest BCUT2D eigenvalue weighted by atomic mass is 32.2. The lowest BCUT2D eigenvalue weighted by atomic mass is 10.1. The molecule has 1 atom stereocenters. The molecule has 6 nitrogen and oxygen atoms in total. The van der Waals surface area contributed by atoms with Crippen LogP contribution < -0.4 is 0 Å².